The molecule has 0 saturated carbocycles. The highest BCUT2D eigenvalue weighted by molar-refractivity contribution is 7.89. The maximum absolute atomic E-state index is 13.1. The normalized spacial score (nSPS) is 20.8. The minimum atomic E-state index is -3.75. The Labute approximate surface area is 123 Å². The molecule has 1 aromatic rings. The van der Waals surface area contributed by atoms with Crippen molar-refractivity contribution in [2.24, 2.45) is 5.14 Å². The van der Waals surface area contributed by atoms with E-state index in [0.717, 1.165) is 6.07 Å². The molecule has 1 aliphatic heterocycles. The van der Waals surface area contributed by atoms with Crippen LogP contribution in [-0.2, 0) is 25.8 Å². The Morgan fingerprint density at radius 3 is 2.62 bits per heavy atom. The summed E-state index contributed by atoms with van der Waals surface area (Å²) >= 11 is 0. The second-order valence-electron chi connectivity index (χ2n) is 5.12. The van der Waals surface area contributed by atoms with E-state index in [1.807, 2.05) is 0 Å². The fourth-order valence-electron chi connectivity index (χ4n) is 2.53. The summed E-state index contributed by atoms with van der Waals surface area (Å²) in [6, 6.07) is 4.70. The Kier molecular flexibility index (Phi) is 4.66. The number of benzene rings is 1. The van der Waals surface area contributed by atoms with E-state index in [1.54, 1.807) is 0 Å². The Morgan fingerprint density at radius 1 is 1.29 bits per heavy atom. The lowest BCUT2D eigenvalue weighted by Crippen LogP contribution is -2.41. The van der Waals surface area contributed by atoms with Gasteiger partial charge < -0.3 is 0 Å². The third-order valence-electron chi connectivity index (χ3n) is 3.34. The molecule has 0 amide bonds. The fraction of sp³-hybridized carbons (Fsp3) is 0.500. The summed E-state index contributed by atoms with van der Waals surface area (Å²) < 4.78 is 61.4. The summed E-state index contributed by atoms with van der Waals surface area (Å²) in [6.07, 6.45) is 1.04. The quantitative estimate of drug-likeness (QED) is 0.842. The van der Waals surface area contributed by atoms with Crippen LogP contribution >= 0.6 is 0 Å². The van der Waals surface area contributed by atoms with Crippen LogP contribution < -0.4 is 5.14 Å². The van der Waals surface area contributed by atoms with Crippen LogP contribution in [0.4, 0.5) is 4.39 Å². The average Bonchev–Trinajstić information content (AvgIpc) is 2.74. The molecule has 21 heavy (non-hydrogen) atoms. The molecule has 0 spiro atoms. The third-order valence-corrected chi connectivity index (χ3v) is 6.09. The molecule has 1 aliphatic rings. The van der Waals surface area contributed by atoms with E-state index in [-0.39, 0.29) is 12.3 Å². The summed E-state index contributed by atoms with van der Waals surface area (Å²) in [4.78, 5) is 0. The zero-order valence-electron chi connectivity index (χ0n) is 11.3. The molecular weight excluding hydrogens is 319 g/mol. The second kappa shape index (κ2) is 5.99. The zero-order valence-corrected chi connectivity index (χ0v) is 12.9. The summed E-state index contributed by atoms with van der Waals surface area (Å²) in [7, 11) is -7.45. The van der Waals surface area contributed by atoms with Gasteiger partial charge >= 0.3 is 0 Å². The Hall–Kier alpha value is -1.03. The molecule has 1 fully saturated rings. The summed E-state index contributed by atoms with van der Waals surface area (Å²) in [5.41, 5.74) is 0.330. The van der Waals surface area contributed by atoms with Crippen molar-refractivity contribution in [1.82, 2.24) is 4.31 Å². The molecule has 0 radical (unpaired) electrons. The van der Waals surface area contributed by atoms with Crippen LogP contribution in [0.25, 0.3) is 0 Å². The van der Waals surface area contributed by atoms with E-state index < -0.39 is 37.7 Å². The van der Waals surface area contributed by atoms with Gasteiger partial charge in [0.1, 0.15) is 5.82 Å². The van der Waals surface area contributed by atoms with Crippen LogP contribution in [0, 0.1) is 5.82 Å². The largest absolute Gasteiger partial charge is 0.229 e. The summed E-state index contributed by atoms with van der Waals surface area (Å²) in [5, 5.41) is 4.99. The molecule has 0 aromatic heterocycles. The predicted molar refractivity (Wildman–Crippen MR) is 76.7 cm³/mol. The van der Waals surface area contributed by atoms with Crippen LogP contribution in [0.1, 0.15) is 18.4 Å². The van der Waals surface area contributed by atoms with Gasteiger partial charge in [-0.3, -0.25) is 0 Å². The first-order valence-electron chi connectivity index (χ1n) is 6.42. The van der Waals surface area contributed by atoms with E-state index in [1.165, 1.54) is 22.5 Å². The Morgan fingerprint density at radius 2 is 2.00 bits per heavy atom. The maximum atomic E-state index is 13.1. The molecule has 1 aromatic carbocycles. The monoisotopic (exact) mass is 336 g/mol. The number of hydrogen-bond donors (Lipinski definition) is 1. The van der Waals surface area contributed by atoms with Crippen LogP contribution in [0.15, 0.2) is 24.3 Å². The molecular formula is C12H17FN2O4S2. The maximum Gasteiger partial charge on any atom is 0.218 e. The van der Waals surface area contributed by atoms with Gasteiger partial charge in [-0.05, 0) is 30.5 Å². The minimum absolute atomic E-state index is 0.262. The van der Waals surface area contributed by atoms with Gasteiger partial charge in [0.05, 0.1) is 11.5 Å². The molecule has 2 rings (SSSR count). The van der Waals surface area contributed by atoms with Gasteiger partial charge in [-0.2, -0.15) is 4.31 Å². The Balaban J connectivity index is 2.18. The lowest BCUT2D eigenvalue weighted by atomic mass is 10.2. The van der Waals surface area contributed by atoms with Crippen molar-refractivity contribution >= 4 is 20.0 Å². The van der Waals surface area contributed by atoms with Crippen molar-refractivity contribution in [3.63, 3.8) is 0 Å². The number of nitrogens with zero attached hydrogens (tertiary/aromatic N) is 1. The highest BCUT2D eigenvalue weighted by Gasteiger charge is 2.36. The number of nitrogens with two attached hydrogens (primary N) is 1. The number of sulfonamides is 2. The number of primary sulfonamides is 1. The molecule has 118 valence electrons. The summed E-state index contributed by atoms with van der Waals surface area (Å²) in [6.45, 7) is 0.262. The van der Waals surface area contributed by atoms with Crippen molar-refractivity contribution in [2.45, 2.75) is 24.6 Å². The van der Waals surface area contributed by atoms with Gasteiger partial charge in [0.25, 0.3) is 0 Å². The first kappa shape index (κ1) is 16.3. The highest BCUT2D eigenvalue weighted by atomic mass is 32.2. The van der Waals surface area contributed by atoms with E-state index in [2.05, 4.69) is 0 Å². The number of halogens is 1. The van der Waals surface area contributed by atoms with Crippen LogP contribution in [0.3, 0.4) is 0 Å². The Bertz CT molecular complexity index is 719. The lowest BCUT2D eigenvalue weighted by Gasteiger charge is -2.23. The van der Waals surface area contributed by atoms with Crippen molar-refractivity contribution in [3.05, 3.63) is 35.6 Å². The highest BCUT2D eigenvalue weighted by Crippen LogP contribution is 2.24. The van der Waals surface area contributed by atoms with Gasteiger partial charge in [0, 0.05) is 12.6 Å². The van der Waals surface area contributed by atoms with E-state index >= 15 is 0 Å². The van der Waals surface area contributed by atoms with Crippen LogP contribution in [-0.4, -0.2) is 39.5 Å². The molecule has 9 heteroatoms. The van der Waals surface area contributed by atoms with Crippen molar-refractivity contribution in [2.75, 3.05) is 12.3 Å². The van der Waals surface area contributed by atoms with Crippen molar-refractivity contribution < 1.29 is 21.2 Å². The van der Waals surface area contributed by atoms with Crippen LogP contribution in [0.5, 0.6) is 0 Å². The molecule has 1 atom stereocenters. The van der Waals surface area contributed by atoms with E-state index in [9.17, 15) is 21.2 Å². The van der Waals surface area contributed by atoms with Gasteiger partial charge in [0.15, 0.2) is 0 Å². The number of rotatable bonds is 5. The molecule has 2 N–H and O–H groups in total. The van der Waals surface area contributed by atoms with Crippen molar-refractivity contribution in [3.8, 4) is 0 Å². The van der Waals surface area contributed by atoms with E-state index in [4.69, 9.17) is 5.14 Å². The molecule has 1 unspecified atom stereocenters. The SMILES string of the molecule is NS(=O)(=O)CC1CCCN1S(=O)(=O)Cc1cccc(F)c1. The van der Waals surface area contributed by atoms with Crippen molar-refractivity contribution in [1.29, 1.82) is 0 Å². The topological polar surface area (TPSA) is 97.5 Å². The molecule has 1 heterocycles. The van der Waals surface area contributed by atoms with Crippen LogP contribution in [0.2, 0.25) is 0 Å². The smallest absolute Gasteiger partial charge is 0.218 e. The van der Waals surface area contributed by atoms with Gasteiger partial charge in [-0.25, -0.2) is 26.4 Å². The third kappa shape index (κ3) is 4.47. The molecule has 6 nitrogen and oxygen atoms in total. The first-order valence-corrected chi connectivity index (χ1v) is 9.74. The van der Waals surface area contributed by atoms with Gasteiger partial charge in [-0.1, -0.05) is 12.1 Å². The number of hydrogen-bond acceptors (Lipinski definition) is 4. The lowest BCUT2D eigenvalue weighted by molar-refractivity contribution is 0.407. The first-order chi connectivity index (χ1) is 9.67. The molecule has 0 bridgehead atoms. The summed E-state index contributed by atoms with van der Waals surface area (Å²) in [5.74, 6) is -1.26. The standard InChI is InChI=1S/C12H17FN2O4S2/c13-11-4-1-3-10(7-11)8-21(18,19)15-6-2-5-12(15)9-20(14,16)17/h1,3-4,7,12H,2,5-6,8-9H2,(H2,14,16,17). The van der Waals surface area contributed by atoms with Gasteiger partial charge in [-0.15, -0.1) is 0 Å². The average molecular weight is 336 g/mol. The second-order valence-corrected chi connectivity index (χ2v) is 8.70. The molecule has 1 saturated heterocycles. The fourth-order valence-corrected chi connectivity index (χ4v) is 5.32. The zero-order chi connectivity index (χ0) is 15.7. The minimum Gasteiger partial charge on any atom is -0.229 e. The predicted octanol–water partition coefficient (Wildman–Crippen LogP) is 0.408. The van der Waals surface area contributed by atoms with E-state index in [0.29, 0.717) is 18.4 Å². The van der Waals surface area contributed by atoms with Gasteiger partial charge in [0.2, 0.25) is 20.0 Å². The molecule has 0 aliphatic carbocycles.